The van der Waals surface area contributed by atoms with Crippen molar-refractivity contribution < 1.29 is 17.2 Å². The summed E-state index contributed by atoms with van der Waals surface area (Å²) in [6.45, 7) is 0. The first kappa shape index (κ1) is 20.1. The van der Waals surface area contributed by atoms with Crippen molar-refractivity contribution in [2.45, 2.75) is 15.8 Å². The minimum absolute atomic E-state index is 0.0859. The molecule has 0 bridgehead atoms. The van der Waals surface area contributed by atoms with E-state index < -0.39 is 21.7 Å². The highest BCUT2D eigenvalue weighted by molar-refractivity contribution is 9.10. The summed E-state index contributed by atoms with van der Waals surface area (Å²) in [5, 5.41) is 0.136. The van der Waals surface area contributed by atoms with Gasteiger partial charge in [-0.25, -0.2) is 26.2 Å². The highest BCUT2D eigenvalue weighted by Gasteiger charge is 2.25. The van der Waals surface area contributed by atoms with Gasteiger partial charge in [0.05, 0.1) is 15.9 Å². The van der Waals surface area contributed by atoms with E-state index in [0.717, 1.165) is 20.2 Å². The first-order chi connectivity index (χ1) is 13.9. The standard InChI is InChI=1S/C20H13BrF2N2O2S2/c21-13-8-10-14(11-9-13)29(26,27)25-19-7-2-1-6-18(19)24-20(25)28-12-15-16(22)4-3-5-17(15)23/h1-11H,12H2. The molecule has 148 valence electrons. The summed E-state index contributed by atoms with van der Waals surface area (Å²) in [6, 6.07) is 16.6. The van der Waals surface area contributed by atoms with E-state index in [1.807, 2.05) is 0 Å². The Kier molecular flexibility index (Phi) is 5.46. The molecule has 0 unspecified atom stereocenters. The number of hydrogen-bond acceptors (Lipinski definition) is 4. The molecule has 4 rings (SSSR count). The van der Waals surface area contributed by atoms with Crippen molar-refractivity contribution in [1.82, 2.24) is 8.96 Å². The molecule has 9 heteroatoms. The van der Waals surface area contributed by atoms with E-state index in [0.29, 0.717) is 11.0 Å². The van der Waals surface area contributed by atoms with Crippen molar-refractivity contribution in [2.24, 2.45) is 0 Å². The molecular formula is C20H13BrF2N2O2S2. The van der Waals surface area contributed by atoms with Gasteiger partial charge in [-0.1, -0.05) is 45.9 Å². The molecule has 0 spiro atoms. The molecular weight excluding hydrogens is 482 g/mol. The van der Waals surface area contributed by atoms with Gasteiger partial charge in [0.2, 0.25) is 0 Å². The first-order valence-corrected chi connectivity index (χ1v) is 11.6. The molecule has 3 aromatic carbocycles. The number of halogens is 3. The van der Waals surface area contributed by atoms with Gasteiger partial charge in [0.1, 0.15) is 11.6 Å². The predicted octanol–water partition coefficient (Wildman–Crippen LogP) is 5.61. The minimum Gasteiger partial charge on any atom is -0.222 e. The van der Waals surface area contributed by atoms with Gasteiger partial charge in [-0.2, -0.15) is 0 Å². The maximum absolute atomic E-state index is 14.0. The van der Waals surface area contributed by atoms with E-state index in [2.05, 4.69) is 20.9 Å². The van der Waals surface area contributed by atoms with Crippen LogP contribution < -0.4 is 0 Å². The lowest BCUT2D eigenvalue weighted by Gasteiger charge is -2.11. The summed E-state index contributed by atoms with van der Waals surface area (Å²) in [5.74, 6) is -1.47. The third-order valence-electron chi connectivity index (χ3n) is 4.25. The molecule has 4 nitrogen and oxygen atoms in total. The van der Waals surface area contributed by atoms with Crippen molar-refractivity contribution in [2.75, 3.05) is 0 Å². The monoisotopic (exact) mass is 494 g/mol. The van der Waals surface area contributed by atoms with E-state index in [1.54, 1.807) is 36.4 Å². The van der Waals surface area contributed by atoms with Crippen molar-refractivity contribution in [3.8, 4) is 0 Å². The minimum atomic E-state index is -3.97. The van der Waals surface area contributed by atoms with Gasteiger partial charge in [-0.3, -0.25) is 0 Å². The van der Waals surface area contributed by atoms with Crippen LogP contribution >= 0.6 is 27.7 Å². The van der Waals surface area contributed by atoms with Crippen LogP contribution in [0.4, 0.5) is 8.78 Å². The molecule has 0 atom stereocenters. The molecule has 0 aliphatic rings. The van der Waals surface area contributed by atoms with Crippen molar-refractivity contribution >= 4 is 48.7 Å². The molecule has 4 aromatic rings. The fourth-order valence-corrected chi connectivity index (χ4v) is 5.82. The van der Waals surface area contributed by atoms with Crippen LogP contribution in [0, 0.1) is 11.6 Å². The van der Waals surface area contributed by atoms with Crippen LogP contribution in [-0.2, 0) is 15.8 Å². The number of imidazole rings is 1. The summed E-state index contributed by atoms with van der Waals surface area (Å²) >= 11 is 4.25. The lowest BCUT2D eigenvalue weighted by Crippen LogP contribution is -2.14. The smallest absolute Gasteiger partial charge is 0.222 e. The number of hydrogen-bond donors (Lipinski definition) is 0. The van der Waals surface area contributed by atoms with E-state index in [-0.39, 0.29) is 21.4 Å². The fraction of sp³-hybridized carbons (Fsp3) is 0.0500. The Morgan fingerprint density at radius 2 is 1.59 bits per heavy atom. The van der Waals surface area contributed by atoms with Crippen LogP contribution in [0.1, 0.15) is 5.56 Å². The second-order valence-corrected chi connectivity index (χ2v) is 9.74. The SMILES string of the molecule is O=S(=O)(c1ccc(Br)cc1)n1c(SCc2c(F)cccc2F)nc2ccccc21. The lowest BCUT2D eigenvalue weighted by atomic mass is 10.2. The Morgan fingerprint density at radius 3 is 2.28 bits per heavy atom. The molecule has 0 aliphatic heterocycles. The Balaban J connectivity index is 1.82. The summed E-state index contributed by atoms with van der Waals surface area (Å²) in [7, 11) is -3.97. The molecule has 1 heterocycles. The van der Waals surface area contributed by atoms with Crippen molar-refractivity contribution in [3.05, 3.63) is 88.4 Å². The third kappa shape index (κ3) is 3.82. The topological polar surface area (TPSA) is 52.0 Å². The quantitative estimate of drug-likeness (QED) is 0.338. The Hall–Kier alpha value is -2.23. The normalized spacial score (nSPS) is 11.8. The van der Waals surface area contributed by atoms with E-state index in [4.69, 9.17) is 0 Å². The molecule has 0 amide bonds. The maximum Gasteiger partial charge on any atom is 0.270 e. The molecule has 0 N–H and O–H groups in total. The number of fused-ring (bicyclic) bond motifs is 1. The molecule has 1 aromatic heterocycles. The highest BCUT2D eigenvalue weighted by Crippen LogP contribution is 2.32. The summed E-state index contributed by atoms with van der Waals surface area (Å²) in [5.41, 5.74) is 0.744. The second kappa shape index (κ2) is 7.89. The van der Waals surface area contributed by atoms with Gasteiger partial charge in [0.15, 0.2) is 5.16 Å². The number of para-hydroxylation sites is 2. The van der Waals surface area contributed by atoms with Gasteiger partial charge in [-0.15, -0.1) is 0 Å². The maximum atomic E-state index is 14.0. The molecule has 0 aliphatic carbocycles. The summed E-state index contributed by atoms with van der Waals surface area (Å²) in [4.78, 5) is 4.47. The third-order valence-corrected chi connectivity index (χ3v) is 7.58. The van der Waals surface area contributed by atoms with Crippen LogP contribution in [-0.4, -0.2) is 17.4 Å². The molecule has 0 saturated carbocycles. The van der Waals surface area contributed by atoms with E-state index in [1.165, 1.54) is 30.3 Å². The molecule has 0 saturated heterocycles. The van der Waals surface area contributed by atoms with Gasteiger partial charge in [0, 0.05) is 15.8 Å². The van der Waals surface area contributed by atoms with Gasteiger partial charge in [-0.05, 0) is 48.5 Å². The molecule has 0 radical (unpaired) electrons. The zero-order chi connectivity index (χ0) is 20.6. The zero-order valence-electron chi connectivity index (χ0n) is 14.7. The first-order valence-electron chi connectivity index (χ1n) is 8.42. The number of aromatic nitrogens is 2. The highest BCUT2D eigenvalue weighted by atomic mass is 79.9. The Labute approximate surface area is 178 Å². The summed E-state index contributed by atoms with van der Waals surface area (Å²) < 4.78 is 56.5. The van der Waals surface area contributed by atoms with Crippen LogP contribution in [0.2, 0.25) is 0 Å². The largest absolute Gasteiger partial charge is 0.270 e. The number of benzene rings is 3. The van der Waals surface area contributed by atoms with Crippen LogP contribution in [0.25, 0.3) is 11.0 Å². The Bertz CT molecular complexity index is 1290. The molecule has 0 fully saturated rings. The number of nitrogens with zero attached hydrogens (tertiary/aromatic N) is 2. The van der Waals surface area contributed by atoms with E-state index >= 15 is 0 Å². The van der Waals surface area contributed by atoms with Crippen LogP contribution in [0.3, 0.4) is 0 Å². The molecule has 29 heavy (non-hydrogen) atoms. The predicted molar refractivity (Wildman–Crippen MR) is 112 cm³/mol. The van der Waals surface area contributed by atoms with E-state index in [9.17, 15) is 17.2 Å². The Morgan fingerprint density at radius 1 is 0.931 bits per heavy atom. The fourth-order valence-electron chi connectivity index (χ4n) is 2.82. The van der Waals surface area contributed by atoms with Crippen LogP contribution in [0.5, 0.6) is 0 Å². The van der Waals surface area contributed by atoms with Gasteiger partial charge < -0.3 is 0 Å². The van der Waals surface area contributed by atoms with Crippen LogP contribution in [0.15, 0.2) is 81.3 Å². The van der Waals surface area contributed by atoms with Crippen molar-refractivity contribution in [3.63, 3.8) is 0 Å². The average molecular weight is 495 g/mol. The summed E-state index contributed by atoms with van der Waals surface area (Å²) in [6.07, 6.45) is 0. The van der Waals surface area contributed by atoms with Crippen molar-refractivity contribution in [1.29, 1.82) is 0 Å². The number of thioether (sulfide) groups is 1. The average Bonchev–Trinajstić information content (AvgIpc) is 3.07. The van der Waals surface area contributed by atoms with Gasteiger partial charge >= 0.3 is 0 Å². The second-order valence-electron chi connectivity index (χ2n) is 6.10. The lowest BCUT2D eigenvalue weighted by molar-refractivity contribution is 0.566. The van der Waals surface area contributed by atoms with Gasteiger partial charge in [0.25, 0.3) is 10.0 Å². The zero-order valence-corrected chi connectivity index (χ0v) is 17.9. The number of rotatable bonds is 5.